The molecule has 1 aliphatic heterocycles. The smallest absolute Gasteiger partial charge is 0.410 e. The van der Waals surface area contributed by atoms with Crippen LogP contribution >= 0.6 is 11.6 Å². The number of carbonyl (C=O) groups is 1. The number of nitrogen functional groups attached to an aromatic ring is 1. The molecule has 2 rings (SSSR count). The van der Waals surface area contributed by atoms with Crippen LogP contribution in [0.5, 0.6) is 0 Å². The second-order valence-corrected chi connectivity index (χ2v) is 7.32. The number of nitrogens with zero attached hydrogens (tertiary/aromatic N) is 2. The maximum atomic E-state index is 12.1. The van der Waals surface area contributed by atoms with Gasteiger partial charge in [-0.15, -0.1) is 0 Å². The maximum Gasteiger partial charge on any atom is 0.410 e. The topological polar surface area (TPSA) is 91.4 Å². The van der Waals surface area contributed by atoms with Gasteiger partial charge in [0.25, 0.3) is 0 Å². The molecule has 3 N–H and O–H groups in total. The fourth-order valence-electron chi connectivity index (χ4n) is 2.55. The molecule has 130 valence electrons. The minimum Gasteiger partial charge on any atom is -0.444 e. The number of ether oxygens (including phenoxy) is 1. The van der Waals surface area contributed by atoms with Crippen molar-refractivity contribution in [2.75, 3.05) is 24.1 Å². The summed E-state index contributed by atoms with van der Waals surface area (Å²) >= 11 is 6.04. The number of nitrogens with one attached hydrogen (secondary N) is 1. The van der Waals surface area contributed by atoms with Gasteiger partial charge in [0.15, 0.2) is 0 Å². The van der Waals surface area contributed by atoms with E-state index >= 15 is 0 Å². The Kier molecular flexibility index (Phi) is 5.45. The van der Waals surface area contributed by atoms with Crippen molar-refractivity contribution in [3.63, 3.8) is 0 Å². The zero-order valence-corrected chi connectivity index (χ0v) is 15.0. The van der Waals surface area contributed by atoms with E-state index in [4.69, 9.17) is 22.1 Å². The van der Waals surface area contributed by atoms with Crippen molar-refractivity contribution in [2.45, 2.75) is 45.3 Å². The summed E-state index contributed by atoms with van der Waals surface area (Å²) in [4.78, 5) is 13.8. The van der Waals surface area contributed by atoms with Gasteiger partial charge >= 0.3 is 6.09 Å². The number of hydrogen-bond donors (Lipinski definition) is 2. The van der Waals surface area contributed by atoms with Gasteiger partial charge in [-0.2, -0.15) is 5.26 Å². The van der Waals surface area contributed by atoms with Crippen LogP contribution in [0.4, 0.5) is 16.2 Å². The number of halogens is 1. The van der Waals surface area contributed by atoms with Crippen LogP contribution in [0, 0.1) is 11.3 Å². The van der Waals surface area contributed by atoms with E-state index in [1.165, 1.54) is 0 Å². The summed E-state index contributed by atoms with van der Waals surface area (Å²) < 4.78 is 5.39. The van der Waals surface area contributed by atoms with E-state index in [0.717, 1.165) is 12.8 Å². The molecule has 1 heterocycles. The third kappa shape index (κ3) is 4.68. The highest BCUT2D eigenvalue weighted by Gasteiger charge is 2.27. The standard InChI is InChI=1S/C17H23ClN4O2/c1-17(2,3)24-16(23)22-6-4-12(5-7-22)21-15-9-13(18)14(20)8-11(15)10-19/h8-9,12,21H,4-7,20H2,1-3H3. The average Bonchev–Trinajstić information content (AvgIpc) is 2.49. The number of carbonyl (C=O) groups excluding carboxylic acids is 1. The lowest BCUT2D eigenvalue weighted by molar-refractivity contribution is 0.0210. The Balaban J connectivity index is 1.96. The van der Waals surface area contributed by atoms with Gasteiger partial charge in [-0.05, 0) is 45.7 Å². The third-order valence-electron chi connectivity index (χ3n) is 3.76. The van der Waals surface area contributed by atoms with Crippen LogP contribution in [0.2, 0.25) is 5.02 Å². The van der Waals surface area contributed by atoms with Crippen LogP contribution in [0.3, 0.4) is 0 Å². The third-order valence-corrected chi connectivity index (χ3v) is 4.09. The Bertz CT molecular complexity index is 656. The first kappa shape index (κ1) is 18.2. The van der Waals surface area contributed by atoms with Crippen molar-refractivity contribution in [3.8, 4) is 6.07 Å². The lowest BCUT2D eigenvalue weighted by atomic mass is 10.0. The number of benzene rings is 1. The molecule has 0 aromatic heterocycles. The van der Waals surface area contributed by atoms with Crippen molar-refractivity contribution < 1.29 is 9.53 Å². The van der Waals surface area contributed by atoms with E-state index in [1.807, 2.05) is 20.8 Å². The molecule has 6 nitrogen and oxygen atoms in total. The number of likely N-dealkylation sites (tertiary alicyclic amines) is 1. The number of piperidine rings is 1. The van der Waals surface area contributed by atoms with Gasteiger partial charge in [0.2, 0.25) is 0 Å². The molecule has 7 heteroatoms. The monoisotopic (exact) mass is 350 g/mol. The van der Waals surface area contributed by atoms with Gasteiger partial charge in [-0.1, -0.05) is 11.6 Å². The van der Waals surface area contributed by atoms with Crippen molar-refractivity contribution in [3.05, 3.63) is 22.7 Å². The fraction of sp³-hybridized carbons (Fsp3) is 0.529. The molecule has 24 heavy (non-hydrogen) atoms. The van der Waals surface area contributed by atoms with Gasteiger partial charge < -0.3 is 20.7 Å². The second kappa shape index (κ2) is 7.18. The highest BCUT2D eigenvalue weighted by molar-refractivity contribution is 6.33. The Morgan fingerprint density at radius 1 is 1.42 bits per heavy atom. The minimum absolute atomic E-state index is 0.162. The van der Waals surface area contributed by atoms with E-state index in [2.05, 4.69) is 11.4 Å². The summed E-state index contributed by atoms with van der Waals surface area (Å²) in [5, 5.41) is 13.0. The molecule has 1 aromatic carbocycles. The molecule has 0 bridgehead atoms. The van der Waals surface area contributed by atoms with Crippen LogP contribution in [0.1, 0.15) is 39.2 Å². The van der Waals surface area contributed by atoms with E-state index in [0.29, 0.717) is 35.1 Å². The molecule has 0 saturated carbocycles. The van der Waals surface area contributed by atoms with Crippen molar-refractivity contribution in [1.82, 2.24) is 4.90 Å². The number of anilines is 2. The van der Waals surface area contributed by atoms with Gasteiger partial charge in [-0.3, -0.25) is 0 Å². The Morgan fingerprint density at radius 2 is 2.04 bits per heavy atom. The fourth-order valence-corrected chi connectivity index (χ4v) is 2.72. The summed E-state index contributed by atoms with van der Waals surface area (Å²) in [5.41, 5.74) is 6.77. The van der Waals surface area contributed by atoms with Crippen LogP contribution in [-0.4, -0.2) is 35.7 Å². The summed E-state index contributed by atoms with van der Waals surface area (Å²) in [5.74, 6) is 0. The number of hydrogen-bond acceptors (Lipinski definition) is 5. The molecular formula is C17H23ClN4O2. The Morgan fingerprint density at radius 3 is 2.58 bits per heavy atom. The van der Waals surface area contributed by atoms with Crippen molar-refractivity contribution >= 4 is 29.1 Å². The van der Waals surface area contributed by atoms with E-state index in [9.17, 15) is 10.1 Å². The molecular weight excluding hydrogens is 328 g/mol. The summed E-state index contributed by atoms with van der Waals surface area (Å²) in [6, 6.07) is 5.53. The average molecular weight is 351 g/mol. The van der Waals surface area contributed by atoms with E-state index in [1.54, 1.807) is 17.0 Å². The molecule has 0 atom stereocenters. The SMILES string of the molecule is CC(C)(C)OC(=O)N1CCC(Nc2cc(Cl)c(N)cc2C#N)CC1. The number of amides is 1. The molecule has 1 aliphatic rings. The van der Waals surface area contributed by atoms with Gasteiger partial charge in [-0.25, -0.2) is 4.79 Å². The van der Waals surface area contributed by atoms with Crippen LogP contribution in [-0.2, 0) is 4.74 Å². The number of nitriles is 1. The molecule has 0 radical (unpaired) electrons. The van der Waals surface area contributed by atoms with E-state index in [-0.39, 0.29) is 12.1 Å². The molecule has 1 saturated heterocycles. The molecule has 0 aliphatic carbocycles. The normalized spacial score (nSPS) is 15.7. The summed E-state index contributed by atoms with van der Waals surface area (Å²) in [6.07, 6.45) is 1.26. The molecule has 0 spiro atoms. The molecule has 1 fully saturated rings. The first-order valence-corrected chi connectivity index (χ1v) is 8.31. The first-order chi connectivity index (χ1) is 11.2. The maximum absolute atomic E-state index is 12.1. The summed E-state index contributed by atoms with van der Waals surface area (Å²) in [7, 11) is 0. The van der Waals surface area contributed by atoms with Gasteiger partial charge in [0.1, 0.15) is 11.7 Å². The van der Waals surface area contributed by atoms with Crippen molar-refractivity contribution in [2.24, 2.45) is 0 Å². The second-order valence-electron chi connectivity index (χ2n) is 6.92. The zero-order valence-electron chi connectivity index (χ0n) is 14.2. The van der Waals surface area contributed by atoms with Crippen LogP contribution in [0.25, 0.3) is 0 Å². The largest absolute Gasteiger partial charge is 0.444 e. The zero-order chi connectivity index (χ0) is 17.9. The molecule has 0 unspecified atom stereocenters. The molecule has 1 amide bonds. The number of rotatable bonds is 2. The highest BCUT2D eigenvalue weighted by Crippen LogP contribution is 2.28. The van der Waals surface area contributed by atoms with E-state index < -0.39 is 5.60 Å². The predicted molar refractivity (Wildman–Crippen MR) is 95.0 cm³/mol. The molecule has 1 aromatic rings. The lowest BCUT2D eigenvalue weighted by Crippen LogP contribution is -2.44. The van der Waals surface area contributed by atoms with Gasteiger partial charge in [0, 0.05) is 19.1 Å². The minimum atomic E-state index is -0.491. The van der Waals surface area contributed by atoms with Crippen LogP contribution in [0.15, 0.2) is 12.1 Å². The Labute approximate surface area is 147 Å². The Hall–Kier alpha value is -2.13. The van der Waals surface area contributed by atoms with Gasteiger partial charge in [0.05, 0.1) is 22.0 Å². The summed E-state index contributed by atoms with van der Waals surface area (Å²) in [6.45, 7) is 6.78. The van der Waals surface area contributed by atoms with Crippen molar-refractivity contribution in [1.29, 1.82) is 5.26 Å². The van der Waals surface area contributed by atoms with Crippen LogP contribution < -0.4 is 11.1 Å². The first-order valence-electron chi connectivity index (χ1n) is 7.93. The lowest BCUT2D eigenvalue weighted by Gasteiger charge is -2.34. The number of nitrogens with two attached hydrogens (primary N) is 1. The quantitative estimate of drug-likeness (QED) is 0.795. The predicted octanol–water partition coefficient (Wildman–Crippen LogP) is 3.61. The highest BCUT2D eigenvalue weighted by atomic mass is 35.5.